The first kappa shape index (κ1) is 15.5. The number of aliphatic carboxylic acids is 1. The van der Waals surface area contributed by atoms with E-state index < -0.39 is 12.1 Å². The molecule has 0 fully saturated rings. The molecule has 0 aromatic heterocycles. The van der Waals surface area contributed by atoms with E-state index in [0.717, 1.165) is 6.42 Å². The summed E-state index contributed by atoms with van der Waals surface area (Å²) < 4.78 is 37.0. The number of carboxylic acids is 1. The molecule has 106 valence electrons. The number of nitrogens with two attached hydrogens (primary N) is 1. The molecule has 4 nitrogen and oxygen atoms in total. The second-order valence-corrected chi connectivity index (χ2v) is 4.01. The van der Waals surface area contributed by atoms with Crippen molar-refractivity contribution in [1.29, 1.82) is 0 Å². The van der Waals surface area contributed by atoms with Gasteiger partial charge in [0.25, 0.3) is 0 Å². The Hall–Kier alpha value is -1.60. The number of rotatable bonds is 1. The molecule has 0 heterocycles. The zero-order valence-electron chi connectivity index (χ0n) is 10.1. The summed E-state index contributed by atoms with van der Waals surface area (Å²) in [6.45, 7) is 0. The van der Waals surface area contributed by atoms with Crippen molar-refractivity contribution in [3.05, 3.63) is 35.4 Å². The molecule has 19 heavy (non-hydrogen) atoms. The molecule has 0 aliphatic heterocycles. The zero-order chi connectivity index (χ0) is 14.6. The molecular weight excluding hydrogens is 263 g/mol. The lowest BCUT2D eigenvalue weighted by atomic mass is 10.1. The first-order chi connectivity index (χ1) is 8.77. The number of alkyl halides is 3. The van der Waals surface area contributed by atoms with Crippen LogP contribution in [0.25, 0.3) is 0 Å². The fourth-order valence-corrected chi connectivity index (χ4v) is 1.82. The summed E-state index contributed by atoms with van der Waals surface area (Å²) in [4.78, 5) is 8.90. The van der Waals surface area contributed by atoms with Gasteiger partial charge in [0.1, 0.15) is 0 Å². The van der Waals surface area contributed by atoms with Crippen molar-refractivity contribution < 1.29 is 27.8 Å². The number of carboxylic acid groups (broad SMARTS) is 1. The highest BCUT2D eigenvalue weighted by molar-refractivity contribution is 5.73. The van der Waals surface area contributed by atoms with Crippen LogP contribution in [0.4, 0.5) is 13.2 Å². The summed E-state index contributed by atoms with van der Waals surface area (Å²) in [6.07, 6.45) is -3.96. The molecule has 1 aromatic rings. The monoisotopic (exact) mass is 277 g/mol. The molecule has 3 N–H and O–H groups in total. The molecule has 1 aromatic carbocycles. The van der Waals surface area contributed by atoms with Crippen LogP contribution in [0.5, 0.6) is 0 Å². The van der Waals surface area contributed by atoms with Crippen LogP contribution in [-0.2, 0) is 16.0 Å². The second kappa shape index (κ2) is 6.03. The van der Waals surface area contributed by atoms with E-state index in [1.54, 1.807) is 7.11 Å². The highest BCUT2D eigenvalue weighted by Gasteiger charge is 2.38. The van der Waals surface area contributed by atoms with Crippen LogP contribution in [0.1, 0.15) is 17.2 Å². The van der Waals surface area contributed by atoms with E-state index in [0.29, 0.717) is 0 Å². The van der Waals surface area contributed by atoms with Gasteiger partial charge in [0.05, 0.1) is 12.1 Å². The Kier molecular flexibility index (Phi) is 4.90. The molecular formula is C12H14F3NO3. The van der Waals surface area contributed by atoms with Crippen molar-refractivity contribution in [3.63, 3.8) is 0 Å². The Bertz CT molecular complexity index is 448. The summed E-state index contributed by atoms with van der Waals surface area (Å²) in [7, 11) is 1.72. The Morgan fingerprint density at radius 3 is 2.37 bits per heavy atom. The normalized spacial score (nSPS) is 21.3. The van der Waals surface area contributed by atoms with Gasteiger partial charge in [-0.3, -0.25) is 0 Å². The van der Waals surface area contributed by atoms with Gasteiger partial charge in [0, 0.05) is 13.5 Å². The fraction of sp³-hybridized carbons (Fsp3) is 0.417. The fourth-order valence-electron chi connectivity index (χ4n) is 1.82. The zero-order valence-corrected chi connectivity index (χ0v) is 10.1. The molecule has 2 rings (SSSR count). The van der Waals surface area contributed by atoms with E-state index in [-0.39, 0.29) is 12.1 Å². The molecule has 0 radical (unpaired) electrons. The maximum absolute atomic E-state index is 10.6. The predicted octanol–water partition coefficient (Wildman–Crippen LogP) is 1.89. The largest absolute Gasteiger partial charge is 0.490 e. The Morgan fingerprint density at radius 2 is 1.95 bits per heavy atom. The number of benzene rings is 1. The van der Waals surface area contributed by atoms with Gasteiger partial charge in [-0.05, 0) is 11.1 Å². The number of methoxy groups -OCH3 is 1. The first-order valence-corrected chi connectivity index (χ1v) is 5.43. The van der Waals surface area contributed by atoms with Crippen molar-refractivity contribution in [2.45, 2.75) is 24.7 Å². The van der Waals surface area contributed by atoms with Gasteiger partial charge in [-0.25, -0.2) is 4.79 Å². The van der Waals surface area contributed by atoms with Crippen molar-refractivity contribution in [2.24, 2.45) is 5.73 Å². The molecule has 0 spiro atoms. The lowest BCUT2D eigenvalue weighted by Gasteiger charge is -2.13. The molecule has 0 saturated carbocycles. The highest BCUT2D eigenvalue weighted by Crippen LogP contribution is 2.30. The van der Waals surface area contributed by atoms with Crippen LogP contribution < -0.4 is 5.73 Å². The smallest absolute Gasteiger partial charge is 0.475 e. The van der Waals surface area contributed by atoms with Crippen molar-refractivity contribution in [3.8, 4) is 0 Å². The van der Waals surface area contributed by atoms with Gasteiger partial charge in [-0.1, -0.05) is 24.3 Å². The third kappa shape index (κ3) is 3.93. The van der Waals surface area contributed by atoms with Gasteiger partial charge in [-0.15, -0.1) is 0 Å². The summed E-state index contributed by atoms with van der Waals surface area (Å²) in [5, 5.41) is 7.12. The van der Waals surface area contributed by atoms with E-state index in [2.05, 4.69) is 12.1 Å². The van der Waals surface area contributed by atoms with Gasteiger partial charge in [0.2, 0.25) is 0 Å². The number of fused-ring (bicyclic) bond motifs is 1. The van der Waals surface area contributed by atoms with Gasteiger partial charge in [-0.2, -0.15) is 13.2 Å². The third-order valence-corrected chi connectivity index (χ3v) is 2.78. The molecule has 7 heteroatoms. The summed E-state index contributed by atoms with van der Waals surface area (Å²) >= 11 is 0. The number of carbonyl (C=O) groups is 1. The van der Waals surface area contributed by atoms with Crippen LogP contribution in [0.2, 0.25) is 0 Å². The Balaban J connectivity index is 0.000000224. The summed E-state index contributed by atoms with van der Waals surface area (Å²) in [5.41, 5.74) is 8.55. The number of ether oxygens (including phenoxy) is 1. The molecule has 1 aliphatic rings. The predicted molar refractivity (Wildman–Crippen MR) is 61.6 cm³/mol. The lowest BCUT2D eigenvalue weighted by Crippen LogP contribution is -2.23. The first-order valence-electron chi connectivity index (χ1n) is 5.43. The van der Waals surface area contributed by atoms with E-state index in [1.807, 2.05) is 12.1 Å². The van der Waals surface area contributed by atoms with E-state index in [4.69, 9.17) is 20.4 Å². The number of hydrogen-bond acceptors (Lipinski definition) is 3. The van der Waals surface area contributed by atoms with Crippen molar-refractivity contribution in [1.82, 2.24) is 0 Å². The molecule has 0 amide bonds. The lowest BCUT2D eigenvalue weighted by molar-refractivity contribution is -0.192. The van der Waals surface area contributed by atoms with Gasteiger partial charge < -0.3 is 15.6 Å². The average Bonchev–Trinajstić information content (AvgIpc) is 2.66. The number of halogens is 3. The van der Waals surface area contributed by atoms with Gasteiger partial charge >= 0.3 is 12.1 Å². The van der Waals surface area contributed by atoms with Crippen LogP contribution in [0.15, 0.2) is 24.3 Å². The van der Waals surface area contributed by atoms with Crippen molar-refractivity contribution >= 4 is 5.97 Å². The molecule has 0 bridgehead atoms. The average molecular weight is 277 g/mol. The standard InChI is InChI=1S/C10H13NO.C2HF3O2/c1-12-9-6-7-4-2-3-5-8(7)10(9)11;3-2(4,5)1(6)7/h2-5,9-10H,6,11H2,1H3;(H,6,7)/t9-,10-;/m0./s1. The summed E-state index contributed by atoms with van der Waals surface area (Å²) in [5.74, 6) is -2.76. The Morgan fingerprint density at radius 1 is 1.42 bits per heavy atom. The van der Waals surface area contributed by atoms with Crippen molar-refractivity contribution in [2.75, 3.05) is 7.11 Å². The van der Waals surface area contributed by atoms with Crippen LogP contribution >= 0.6 is 0 Å². The van der Waals surface area contributed by atoms with E-state index in [1.165, 1.54) is 11.1 Å². The minimum atomic E-state index is -5.08. The highest BCUT2D eigenvalue weighted by atomic mass is 19.4. The molecule has 0 saturated heterocycles. The topological polar surface area (TPSA) is 72.5 Å². The second-order valence-electron chi connectivity index (χ2n) is 4.01. The quantitative estimate of drug-likeness (QED) is 0.822. The Labute approximate surface area is 108 Å². The minimum Gasteiger partial charge on any atom is -0.475 e. The molecule has 1 aliphatic carbocycles. The molecule has 2 atom stereocenters. The van der Waals surface area contributed by atoms with Crippen LogP contribution in [-0.4, -0.2) is 30.5 Å². The minimum absolute atomic E-state index is 0.0613. The van der Waals surface area contributed by atoms with E-state index in [9.17, 15) is 13.2 Å². The maximum atomic E-state index is 10.6. The van der Waals surface area contributed by atoms with E-state index >= 15 is 0 Å². The maximum Gasteiger partial charge on any atom is 0.490 e. The number of hydrogen-bond donors (Lipinski definition) is 2. The van der Waals surface area contributed by atoms with Gasteiger partial charge in [0.15, 0.2) is 0 Å². The summed E-state index contributed by atoms with van der Waals surface area (Å²) in [6, 6.07) is 8.33. The molecule has 0 unspecified atom stereocenters. The van der Waals surface area contributed by atoms with Crippen LogP contribution in [0.3, 0.4) is 0 Å². The third-order valence-electron chi connectivity index (χ3n) is 2.78. The van der Waals surface area contributed by atoms with Crippen LogP contribution in [0, 0.1) is 0 Å². The SMILES string of the molecule is CO[C@H]1Cc2ccccc2[C@@H]1N.O=C(O)C(F)(F)F.